The maximum atomic E-state index is 5.91. The Bertz CT molecular complexity index is 420. The predicted octanol–water partition coefficient (Wildman–Crippen LogP) is 3.08. The van der Waals surface area contributed by atoms with Gasteiger partial charge in [0.2, 0.25) is 5.88 Å². The second-order valence-corrected chi connectivity index (χ2v) is 5.62. The van der Waals surface area contributed by atoms with Crippen LogP contribution in [0.25, 0.3) is 0 Å². The van der Waals surface area contributed by atoms with Gasteiger partial charge in [-0.3, -0.25) is 0 Å². The van der Waals surface area contributed by atoms with Crippen molar-refractivity contribution >= 4 is 11.5 Å². The molecule has 0 aliphatic carbocycles. The highest BCUT2D eigenvalue weighted by molar-refractivity contribution is 5.55. The van der Waals surface area contributed by atoms with Gasteiger partial charge >= 0.3 is 0 Å². The fraction of sp³-hybridized carbons (Fsp3) is 0.667. The number of pyridine rings is 1. The van der Waals surface area contributed by atoms with Crippen LogP contribution in [-0.4, -0.2) is 24.2 Å². The van der Waals surface area contributed by atoms with Crippen LogP contribution in [0.3, 0.4) is 0 Å². The summed E-state index contributed by atoms with van der Waals surface area (Å²) in [7, 11) is 0. The quantitative estimate of drug-likeness (QED) is 0.887. The molecule has 1 unspecified atom stereocenters. The molecule has 1 atom stereocenters. The van der Waals surface area contributed by atoms with Crippen LogP contribution in [0.1, 0.15) is 40.0 Å². The van der Waals surface area contributed by atoms with E-state index < -0.39 is 0 Å². The summed E-state index contributed by atoms with van der Waals surface area (Å²) in [6, 6.07) is 3.89. The van der Waals surface area contributed by atoms with Crippen LogP contribution in [0.5, 0.6) is 5.88 Å². The zero-order chi connectivity index (χ0) is 13.8. The molecule has 1 aromatic rings. The lowest BCUT2D eigenvalue weighted by Crippen LogP contribution is -2.21. The number of nitrogen functional groups attached to an aromatic ring is 1. The molecule has 2 N–H and O–H groups in total. The van der Waals surface area contributed by atoms with E-state index in [4.69, 9.17) is 10.5 Å². The fourth-order valence-corrected chi connectivity index (χ4v) is 2.62. The van der Waals surface area contributed by atoms with E-state index >= 15 is 0 Å². The topological polar surface area (TPSA) is 51.4 Å². The standard InChI is InChI=1S/C15H25N3O/c1-4-5-12-8-9-18(10-12)14-7-6-13(16)15(17-14)19-11(2)3/h6-7,11-12H,4-5,8-10,16H2,1-3H3. The first-order valence-corrected chi connectivity index (χ1v) is 7.28. The van der Waals surface area contributed by atoms with Gasteiger partial charge in [-0.25, -0.2) is 0 Å². The SMILES string of the molecule is CCCC1CCN(c2ccc(N)c(OC(C)C)n2)C1. The molecule has 0 saturated carbocycles. The van der Waals surface area contributed by atoms with Crippen molar-refractivity contribution in [2.75, 3.05) is 23.7 Å². The van der Waals surface area contributed by atoms with Crippen molar-refractivity contribution in [1.29, 1.82) is 0 Å². The Morgan fingerprint density at radius 1 is 1.47 bits per heavy atom. The smallest absolute Gasteiger partial charge is 0.239 e. The highest BCUT2D eigenvalue weighted by Gasteiger charge is 2.23. The molecule has 0 spiro atoms. The molecule has 1 aliphatic rings. The maximum Gasteiger partial charge on any atom is 0.239 e. The Morgan fingerprint density at radius 2 is 2.26 bits per heavy atom. The Morgan fingerprint density at radius 3 is 2.95 bits per heavy atom. The monoisotopic (exact) mass is 263 g/mol. The predicted molar refractivity (Wildman–Crippen MR) is 79.6 cm³/mol. The van der Waals surface area contributed by atoms with E-state index in [9.17, 15) is 0 Å². The number of hydrogen-bond donors (Lipinski definition) is 1. The molecule has 1 aromatic heterocycles. The molecule has 4 heteroatoms. The zero-order valence-corrected chi connectivity index (χ0v) is 12.2. The molecule has 2 heterocycles. The third kappa shape index (κ3) is 3.52. The molecule has 1 fully saturated rings. The van der Waals surface area contributed by atoms with Gasteiger partial charge in [-0.1, -0.05) is 13.3 Å². The van der Waals surface area contributed by atoms with E-state index in [0.29, 0.717) is 11.6 Å². The third-order valence-corrected chi connectivity index (χ3v) is 3.53. The summed E-state index contributed by atoms with van der Waals surface area (Å²) in [4.78, 5) is 6.91. The molecule has 0 bridgehead atoms. The van der Waals surface area contributed by atoms with Gasteiger partial charge in [0.05, 0.1) is 11.8 Å². The van der Waals surface area contributed by atoms with E-state index in [2.05, 4.69) is 16.8 Å². The van der Waals surface area contributed by atoms with Gasteiger partial charge in [-0.15, -0.1) is 0 Å². The van der Waals surface area contributed by atoms with Gasteiger partial charge in [0.1, 0.15) is 5.82 Å². The molecule has 1 saturated heterocycles. The average Bonchev–Trinajstić information content (AvgIpc) is 2.80. The number of aromatic nitrogens is 1. The zero-order valence-electron chi connectivity index (χ0n) is 12.2. The largest absolute Gasteiger partial charge is 0.473 e. The summed E-state index contributed by atoms with van der Waals surface area (Å²) in [6.45, 7) is 8.41. The van der Waals surface area contributed by atoms with Crippen molar-refractivity contribution in [3.63, 3.8) is 0 Å². The van der Waals surface area contributed by atoms with Crippen molar-refractivity contribution in [1.82, 2.24) is 4.98 Å². The van der Waals surface area contributed by atoms with Crippen LogP contribution in [0, 0.1) is 5.92 Å². The lowest BCUT2D eigenvalue weighted by atomic mass is 10.0. The molecule has 106 valence electrons. The summed E-state index contributed by atoms with van der Waals surface area (Å²) in [5.74, 6) is 2.36. The summed E-state index contributed by atoms with van der Waals surface area (Å²) < 4.78 is 5.66. The summed E-state index contributed by atoms with van der Waals surface area (Å²) in [6.07, 6.45) is 3.92. The highest BCUT2D eigenvalue weighted by Crippen LogP contribution is 2.29. The molecular formula is C15H25N3O. The van der Waals surface area contributed by atoms with Crippen molar-refractivity contribution in [2.24, 2.45) is 5.92 Å². The summed E-state index contributed by atoms with van der Waals surface area (Å²) >= 11 is 0. The van der Waals surface area contributed by atoms with Gasteiger partial charge in [0.25, 0.3) is 0 Å². The van der Waals surface area contributed by atoms with Crippen molar-refractivity contribution in [2.45, 2.75) is 46.1 Å². The molecule has 19 heavy (non-hydrogen) atoms. The first-order valence-electron chi connectivity index (χ1n) is 7.28. The van der Waals surface area contributed by atoms with Crippen LogP contribution >= 0.6 is 0 Å². The van der Waals surface area contributed by atoms with Gasteiger partial charge in [-0.2, -0.15) is 4.98 Å². The lowest BCUT2D eigenvalue weighted by molar-refractivity contribution is 0.234. The minimum Gasteiger partial charge on any atom is -0.473 e. The highest BCUT2D eigenvalue weighted by atomic mass is 16.5. The molecule has 1 aliphatic heterocycles. The average molecular weight is 263 g/mol. The van der Waals surface area contributed by atoms with Crippen LogP contribution in [0.2, 0.25) is 0 Å². The van der Waals surface area contributed by atoms with E-state index in [1.807, 2.05) is 26.0 Å². The maximum absolute atomic E-state index is 5.91. The van der Waals surface area contributed by atoms with Crippen LogP contribution in [0.4, 0.5) is 11.5 Å². The van der Waals surface area contributed by atoms with E-state index in [-0.39, 0.29) is 6.10 Å². The number of anilines is 2. The van der Waals surface area contributed by atoms with Crippen LogP contribution in [0.15, 0.2) is 12.1 Å². The van der Waals surface area contributed by atoms with E-state index in [1.54, 1.807) is 0 Å². The Kier molecular flexibility index (Phi) is 4.51. The first kappa shape index (κ1) is 14.0. The molecule has 0 amide bonds. The normalized spacial score (nSPS) is 19.2. The minimum absolute atomic E-state index is 0.0940. The molecular weight excluding hydrogens is 238 g/mol. The van der Waals surface area contributed by atoms with Crippen molar-refractivity contribution in [3.05, 3.63) is 12.1 Å². The minimum atomic E-state index is 0.0940. The number of nitrogens with two attached hydrogens (primary N) is 1. The Hall–Kier alpha value is -1.45. The van der Waals surface area contributed by atoms with Gasteiger partial charge < -0.3 is 15.4 Å². The fourth-order valence-electron chi connectivity index (χ4n) is 2.62. The molecule has 2 rings (SSSR count). The lowest BCUT2D eigenvalue weighted by Gasteiger charge is -2.19. The van der Waals surface area contributed by atoms with Crippen molar-refractivity contribution in [3.8, 4) is 5.88 Å². The van der Waals surface area contributed by atoms with Gasteiger partial charge in [-0.05, 0) is 44.7 Å². The van der Waals surface area contributed by atoms with E-state index in [1.165, 1.54) is 19.3 Å². The third-order valence-electron chi connectivity index (χ3n) is 3.53. The second-order valence-electron chi connectivity index (χ2n) is 5.62. The van der Waals surface area contributed by atoms with Crippen LogP contribution < -0.4 is 15.4 Å². The van der Waals surface area contributed by atoms with Crippen LogP contribution in [-0.2, 0) is 0 Å². The van der Waals surface area contributed by atoms with Gasteiger partial charge in [0, 0.05) is 13.1 Å². The number of rotatable bonds is 5. The second kappa shape index (κ2) is 6.13. The number of ether oxygens (including phenoxy) is 1. The van der Waals surface area contributed by atoms with Gasteiger partial charge in [0.15, 0.2) is 0 Å². The Balaban J connectivity index is 2.08. The number of hydrogen-bond acceptors (Lipinski definition) is 4. The Labute approximate surface area is 116 Å². The molecule has 0 aromatic carbocycles. The molecule has 4 nitrogen and oxygen atoms in total. The van der Waals surface area contributed by atoms with E-state index in [0.717, 1.165) is 24.8 Å². The summed E-state index contributed by atoms with van der Waals surface area (Å²) in [5, 5.41) is 0. The number of nitrogens with zero attached hydrogens (tertiary/aromatic N) is 2. The van der Waals surface area contributed by atoms with Crippen molar-refractivity contribution < 1.29 is 4.74 Å². The first-order chi connectivity index (χ1) is 9.10. The molecule has 0 radical (unpaired) electrons. The summed E-state index contributed by atoms with van der Waals surface area (Å²) in [5.41, 5.74) is 6.52.